The maximum absolute atomic E-state index is 13.2. The van der Waals surface area contributed by atoms with E-state index in [-0.39, 0.29) is 11.7 Å². The van der Waals surface area contributed by atoms with Crippen molar-refractivity contribution < 1.29 is 18.7 Å². The van der Waals surface area contributed by atoms with Gasteiger partial charge >= 0.3 is 0 Å². The van der Waals surface area contributed by atoms with Crippen LogP contribution >= 0.6 is 0 Å². The van der Waals surface area contributed by atoms with Crippen molar-refractivity contribution in [2.45, 2.75) is 26.2 Å². The Bertz CT molecular complexity index is 751. The number of rotatable bonds is 7. The van der Waals surface area contributed by atoms with Gasteiger partial charge in [0.05, 0.1) is 6.61 Å². The SMILES string of the molecule is CCN1CCOC(C(=O)NCc2ccc(OCc3cccc(F)c3)cc2)C1. The molecule has 1 N–H and O–H groups in total. The number of hydrogen-bond donors (Lipinski definition) is 1. The van der Waals surface area contributed by atoms with Gasteiger partial charge in [-0.2, -0.15) is 0 Å². The third kappa shape index (κ3) is 5.77. The van der Waals surface area contributed by atoms with Crippen molar-refractivity contribution in [3.8, 4) is 5.75 Å². The topological polar surface area (TPSA) is 50.8 Å². The number of likely N-dealkylation sites (N-methyl/N-ethyl adjacent to an activating group) is 1. The lowest BCUT2D eigenvalue weighted by molar-refractivity contribution is -0.138. The van der Waals surface area contributed by atoms with Crippen molar-refractivity contribution in [1.29, 1.82) is 0 Å². The number of carbonyl (C=O) groups excluding carboxylic acids is 1. The lowest BCUT2D eigenvalue weighted by atomic mass is 10.2. The summed E-state index contributed by atoms with van der Waals surface area (Å²) >= 11 is 0. The van der Waals surface area contributed by atoms with Gasteiger partial charge in [-0.1, -0.05) is 31.2 Å². The molecule has 0 bridgehead atoms. The van der Waals surface area contributed by atoms with E-state index >= 15 is 0 Å². The molecule has 1 aliphatic heterocycles. The zero-order valence-corrected chi connectivity index (χ0v) is 15.5. The molecule has 5 nitrogen and oxygen atoms in total. The number of carbonyl (C=O) groups is 1. The summed E-state index contributed by atoms with van der Waals surface area (Å²) in [6, 6.07) is 13.8. The molecule has 1 aliphatic rings. The first-order valence-corrected chi connectivity index (χ1v) is 9.22. The van der Waals surface area contributed by atoms with E-state index in [1.165, 1.54) is 12.1 Å². The van der Waals surface area contributed by atoms with Crippen LogP contribution in [-0.2, 0) is 22.7 Å². The number of hydrogen-bond acceptors (Lipinski definition) is 4. The van der Waals surface area contributed by atoms with E-state index in [1.54, 1.807) is 6.07 Å². The third-order valence-corrected chi connectivity index (χ3v) is 4.57. The second-order valence-electron chi connectivity index (χ2n) is 6.53. The largest absolute Gasteiger partial charge is 0.489 e. The van der Waals surface area contributed by atoms with Crippen LogP contribution in [0.25, 0.3) is 0 Å². The number of halogens is 1. The molecule has 0 saturated carbocycles. The van der Waals surface area contributed by atoms with Crippen LogP contribution in [0.2, 0.25) is 0 Å². The predicted molar refractivity (Wildman–Crippen MR) is 101 cm³/mol. The molecule has 0 spiro atoms. The summed E-state index contributed by atoms with van der Waals surface area (Å²) in [5.41, 5.74) is 1.75. The van der Waals surface area contributed by atoms with Gasteiger partial charge in [-0.15, -0.1) is 0 Å². The van der Waals surface area contributed by atoms with Gasteiger partial charge in [-0.25, -0.2) is 4.39 Å². The third-order valence-electron chi connectivity index (χ3n) is 4.57. The van der Waals surface area contributed by atoms with Crippen LogP contribution < -0.4 is 10.1 Å². The zero-order chi connectivity index (χ0) is 19.1. The van der Waals surface area contributed by atoms with Crippen LogP contribution in [0.5, 0.6) is 5.75 Å². The molecule has 27 heavy (non-hydrogen) atoms. The summed E-state index contributed by atoms with van der Waals surface area (Å²) in [7, 11) is 0. The van der Waals surface area contributed by atoms with Crippen molar-refractivity contribution in [2.24, 2.45) is 0 Å². The Morgan fingerprint density at radius 3 is 2.81 bits per heavy atom. The number of nitrogens with one attached hydrogen (secondary N) is 1. The molecule has 1 unspecified atom stereocenters. The average Bonchev–Trinajstić information content (AvgIpc) is 2.71. The number of benzene rings is 2. The summed E-state index contributed by atoms with van der Waals surface area (Å²) in [5, 5.41) is 2.92. The molecular weight excluding hydrogens is 347 g/mol. The summed E-state index contributed by atoms with van der Waals surface area (Å²) < 4.78 is 24.4. The van der Waals surface area contributed by atoms with Crippen molar-refractivity contribution >= 4 is 5.91 Å². The van der Waals surface area contributed by atoms with Crippen LogP contribution in [0.3, 0.4) is 0 Å². The quantitative estimate of drug-likeness (QED) is 0.812. The number of amides is 1. The van der Waals surface area contributed by atoms with Crippen molar-refractivity contribution in [1.82, 2.24) is 10.2 Å². The van der Waals surface area contributed by atoms with Crippen LogP contribution in [0.1, 0.15) is 18.1 Å². The van der Waals surface area contributed by atoms with E-state index in [4.69, 9.17) is 9.47 Å². The second-order valence-corrected chi connectivity index (χ2v) is 6.53. The number of ether oxygens (including phenoxy) is 2. The van der Waals surface area contributed by atoms with Crippen LogP contribution in [0.15, 0.2) is 48.5 Å². The molecule has 2 aromatic carbocycles. The number of morpholine rings is 1. The molecule has 0 aromatic heterocycles. The maximum atomic E-state index is 13.2. The van der Waals surface area contributed by atoms with Crippen LogP contribution in [0.4, 0.5) is 4.39 Å². The first-order chi connectivity index (χ1) is 13.1. The van der Waals surface area contributed by atoms with E-state index < -0.39 is 6.10 Å². The van der Waals surface area contributed by atoms with E-state index in [9.17, 15) is 9.18 Å². The fourth-order valence-corrected chi connectivity index (χ4v) is 2.95. The fraction of sp³-hybridized carbons (Fsp3) is 0.381. The minimum Gasteiger partial charge on any atom is -0.489 e. The molecule has 1 amide bonds. The van der Waals surface area contributed by atoms with Crippen molar-refractivity contribution in [2.75, 3.05) is 26.2 Å². The molecule has 0 aliphatic carbocycles. The molecule has 2 aromatic rings. The predicted octanol–water partition coefficient (Wildman–Crippen LogP) is 2.74. The molecule has 144 valence electrons. The first-order valence-electron chi connectivity index (χ1n) is 9.22. The Kier molecular flexibility index (Phi) is 6.79. The van der Waals surface area contributed by atoms with E-state index in [2.05, 4.69) is 17.1 Å². The van der Waals surface area contributed by atoms with E-state index in [1.807, 2.05) is 30.3 Å². The minimum absolute atomic E-state index is 0.0837. The lowest BCUT2D eigenvalue weighted by Gasteiger charge is -2.31. The Morgan fingerprint density at radius 2 is 2.07 bits per heavy atom. The monoisotopic (exact) mass is 372 g/mol. The van der Waals surface area contributed by atoms with Gasteiger partial charge in [-0.05, 0) is 41.9 Å². The van der Waals surface area contributed by atoms with Gasteiger partial charge in [-0.3, -0.25) is 9.69 Å². The van der Waals surface area contributed by atoms with E-state index in [0.717, 1.165) is 24.2 Å². The molecule has 1 heterocycles. The highest BCUT2D eigenvalue weighted by Crippen LogP contribution is 2.15. The Hall–Kier alpha value is -2.44. The Morgan fingerprint density at radius 1 is 1.26 bits per heavy atom. The Balaban J connectivity index is 1.45. The Labute approximate surface area is 159 Å². The summed E-state index contributed by atoms with van der Waals surface area (Å²) in [6.07, 6.45) is -0.410. The van der Waals surface area contributed by atoms with Crippen molar-refractivity contribution in [3.63, 3.8) is 0 Å². The number of nitrogens with zero attached hydrogens (tertiary/aromatic N) is 1. The normalized spacial score (nSPS) is 17.5. The van der Waals surface area contributed by atoms with Gasteiger partial charge in [0.2, 0.25) is 0 Å². The molecule has 3 rings (SSSR count). The first kappa shape index (κ1) is 19.3. The highest BCUT2D eigenvalue weighted by Gasteiger charge is 2.25. The molecule has 1 atom stereocenters. The minimum atomic E-state index is -0.410. The van der Waals surface area contributed by atoms with Gasteiger partial charge in [0.15, 0.2) is 0 Å². The van der Waals surface area contributed by atoms with Crippen molar-refractivity contribution in [3.05, 3.63) is 65.5 Å². The van der Waals surface area contributed by atoms with Gasteiger partial charge < -0.3 is 14.8 Å². The highest BCUT2D eigenvalue weighted by molar-refractivity contribution is 5.81. The zero-order valence-electron chi connectivity index (χ0n) is 15.5. The van der Waals surface area contributed by atoms with E-state index in [0.29, 0.717) is 32.1 Å². The molecule has 6 heteroatoms. The van der Waals surface area contributed by atoms with Gasteiger partial charge in [0, 0.05) is 19.6 Å². The van der Waals surface area contributed by atoms with Crippen LogP contribution in [-0.4, -0.2) is 43.2 Å². The van der Waals surface area contributed by atoms with Gasteiger partial charge in [0.1, 0.15) is 24.3 Å². The standard InChI is InChI=1S/C21H25FN2O3/c1-2-24-10-11-26-20(14-24)21(25)23-13-16-6-8-19(9-7-16)27-15-17-4-3-5-18(22)12-17/h3-9,12,20H,2,10-11,13-15H2,1H3,(H,23,25). The molecule has 1 fully saturated rings. The lowest BCUT2D eigenvalue weighted by Crippen LogP contribution is -2.49. The summed E-state index contributed by atoms with van der Waals surface area (Å²) in [4.78, 5) is 14.5. The molecular formula is C21H25FN2O3. The fourth-order valence-electron chi connectivity index (χ4n) is 2.95. The average molecular weight is 372 g/mol. The highest BCUT2D eigenvalue weighted by atomic mass is 19.1. The summed E-state index contributed by atoms with van der Waals surface area (Å²) in [6.45, 7) is 5.84. The second kappa shape index (κ2) is 9.48. The summed E-state index contributed by atoms with van der Waals surface area (Å²) in [5.74, 6) is 0.342. The molecule has 1 saturated heterocycles. The maximum Gasteiger partial charge on any atom is 0.250 e. The van der Waals surface area contributed by atoms with Crippen LogP contribution in [0, 0.1) is 5.82 Å². The smallest absolute Gasteiger partial charge is 0.250 e. The van der Waals surface area contributed by atoms with Gasteiger partial charge in [0.25, 0.3) is 5.91 Å². The molecule has 0 radical (unpaired) electrons.